The van der Waals surface area contributed by atoms with Gasteiger partial charge in [-0.25, -0.2) is 0 Å². The minimum Gasteiger partial charge on any atom is -0.339 e. The Bertz CT molecular complexity index is 916. The van der Waals surface area contributed by atoms with Crippen LogP contribution in [0, 0.1) is 26.7 Å². The normalized spacial score (nSPS) is 17.8. The van der Waals surface area contributed by atoms with Gasteiger partial charge in [-0.2, -0.15) is 0 Å². The van der Waals surface area contributed by atoms with Gasteiger partial charge in [0.15, 0.2) is 0 Å². The van der Waals surface area contributed by atoms with Gasteiger partial charge < -0.3 is 14.4 Å². The molecular weight excluding hydrogens is 362 g/mol. The predicted octanol–water partition coefficient (Wildman–Crippen LogP) is 3.88. The van der Waals surface area contributed by atoms with Gasteiger partial charge >= 0.3 is 0 Å². The van der Waals surface area contributed by atoms with Crippen LogP contribution in [-0.2, 0) is 4.79 Å². The van der Waals surface area contributed by atoms with Gasteiger partial charge in [-0.05, 0) is 57.4 Å². The first-order valence-corrected chi connectivity index (χ1v) is 10.8. The molecule has 5 heteroatoms. The molecular formula is C24H31N3O2. The molecule has 0 bridgehead atoms. The smallest absolute Gasteiger partial charge is 0.255 e. The number of amides is 2. The number of aromatic nitrogens is 1. The van der Waals surface area contributed by atoms with Crippen LogP contribution < -0.4 is 0 Å². The number of carbonyl (C=O) groups excluding carboxylic acids is 2. The summed E-state index contributed by atoms with van der Waals surface area (Å²) in [4.78, 5) is 29.8. The Labute approximate surface area is 173 Å². The van der Waals surface area contributed by atoms with Crippen molar-refractivity contribution in [2.75, 3.05) is 26.2 Å². The third kappa shape index (κ3) is 3.83. The van der Waals surface area contributed by atoms with Crippen LogP contribution in [0.1, 0.15) is 53.0 Å². The summed E-state index contributed by atoms with van der Waals surface area (Å²) in [6.45, 7) is 8.68. The van der Waals surface area contributed by atoms with Crippen molar-refractivity contribution in [1.82, 2.24) is 14.4 Å². The lowest BCUT2D eigenvalue weighted by atomic mass is 10.1. The SMILES string of the molecule is Cc1cccc(-n2c(C)cc(C(=O)N3CCN(C(=O)C4CCCC4)CC3)c2C)c1. The van der Waals surface area contributed by atoms with E-state index in [0.717, 1.165) is 35.5 Å². The molecule has 1 aliphatic carbocycles. The Hall–Kier alpha value is -2.56. The molecule has 29 heavy (non-hydrogen) atoms. The number of benzene rings is 1. The van der Waals surface area contributed by atoms with E-state index in [4.69, 9.17) is 0 Å². The van der Waals surface area contributed by atoms with Crippen molar-refractivity contribution in [3.8, 4) is 5.69 Å². The van der Waals surface area contributed by atoms with E-state index >= 15 is 0 Å². The number of nitrogens with zero attached hydrogens (tertiary/aromatic N) is 3. The zero-order chi connectivity index (χ0) is 20.5. The predicted molar refractivity (Wildman–Crippen MR) is 114 cm³/mol. The number of carbonyl (C=O) groups is 2. The highest BCUT2D eigenvalue weighted by Gasteiger charge is 2.31. The van der Waals surface area contributed by atoms with E-state index in [0.29, 0.717) is 32.1 Å². The second kappa shape index (κ2) is 8.05. The first kappa shape index (κ1) is 19.7. The fourth-order valence-corrected chi connectivity index (χ4v) is 4.87. The first-order chi connectivity index (χ1) is 14.0. The van der Waals surface area contributed by atoms with Gasteiger partial charge in [-0.15, -0.1) is 0 Å². The van der Waals surface area contributed by atoms with Gasteiger partial charge in [-0.3, -0.25) is 9.59 Å². The van der Waals surface area contributed by atoms with Crippen LogP contribution in [0.4, 0.5) is 0 Å². The summed E-state index contributed by atoms with van der Waals surface area (Å²) in [6.07, 6.45) is 4.41. The Morgan fingerprint density at radius 1 is 0.897 bits per heavy atom. The summed E-state index contributed by atoms with van der Waals surface area (Å²) in [5.74, 6) is 0.586. The van der Waals surface area contributed by atoms with E-state index in [9.17, 15) is 9.59 Å². The molecule has 1 aliphatic heterocycles. The molecule has 0 N–H and O–H groups in total. The third-order valence-corrected chi connectivity index (χ3v) is 6.50. The molecule has 0 atom stereocenters. The third-order valence-electron chi connectivity index (χ3n) is 6.50. The highest BCUT2D eigenvalue weighted by Crippen LogP contribution is 2.27. The van der Waals surface area contributed by atoms with Crippen LogP contribution in [0.3, 0.4) is 0 Å². The van der Waals surface area contributed by atoms with Crippen LogP contribution in [0.2, 0.25) is 0 Å². The molecule has 1 aromatic carbocycles. The number of hydrogen-bond acceptors (Lipinski definition) is 2. The van der Waals surface area contributed by atoms with E-state index in [1.807, 2.05) is 35.8 Å². The lowest BCUT2D eigenvalue weighted by molar-refractivity contribution is -0.136. The Kier molecular flexibility index (Phi) is 5.48. The summed E-state index contributed by atoms with van der Waals surface area (Å²) in [5, 5.41) is 0. The maximum atomic E-state index is 13.2. The highest BCUT2D eigenvalue weighted by atomic mass is 16.2. The Morgan fingerprint density at radius 3 is 2.21 bits per heavy atom. The molecule has 154 valence electrons. The molecule has 1 aromatic heterocycles. The molecule has 1 saturated heterocycles. The molecule has 5 nitrogen and oxygen atoms in total. The molecule has 2 aliphatic rings. The van der Waals surface area contributed by atoms with Crippen LogP contribution in [0.25, 0.3) is 5.69 Å². The zero-order valence-corrected chi connectivity index (χ0v) is 17.8. The zero-order valence-electron chi connectivity index (χ0n) is 17.8. The van der Waals surface area contributed by atoms with Crippen molar-refractivity contribution in [3.05, 3.63) is 52.8 Å². The average molecular weight is 394 g/mol. The summed E-state index contributed by atoms with van der Waals surface area (Å²) in [5.41, 5.74) is 5.09. The lowest BCUT2D eigenvalue weighted by Gasteiger charge is -2.36. The van der Waals surface area contributed by atoms with Crippen LogP contribution in [-0.4, -0.2) is 52.4 Å². The fourth-order valence-electron chi connectivity index (χ4n) is 4.87. The monoisotopic (exact) mass is 393 g/mol. The number of rotatable bonds is 3. The minimum atomic E-state index is 0.0740. The first-order valence-electron chi connectivity index (χ1n) is 10.8. The van der Waals surface area contributed by atoms with Crippen LogP contribution in [0.15, 0.2) is 30.3 Å². The highest BCUT2D eigenvalue weighted by molar-refractivity contribution is 5.96. The Morgan fingerprint density at radius 2 is 1.55 bits per heavy atom. The second-order valence-corrected chi connectivity index (χ2v) is 8.56. The molecule has 2 amide bonds. The molecule has 0 radical (unpaired) electrons. The van der Waals surface area contributed by atoms with Crippen molar-refractivity contribution >= 4 is 11.8 Å². The Balaban J connectivity index is 1.47. The lowest BCUT2D eigenvalue weighted by Crippen LogP contribution is -2.51. The van der Waals surface area contributed by atoms with Crippen LogP contribution in [0.5, 0.6) is 0 Å². The average Bonchev–Trinajstić information content (AvgIpc) is 3.35. The second-order valence-electron chi connectivity index (χ2n) is 8.56. The molecule has 0 unspecified atom stereocenters. The number of aryl methyl sites for hydroxylation is 2. The number of hydrogen-bond donors (Lipinski definition) is 0. The van der Waals surface area contributed by atoms with Crippen molar-refractivity contribution in [3.63, 3.8) is 0 Å². The van der Waals surface area contributed by atoms with Gasteiger partial charge in [-0.1, -0.05) is 25.0 Å². The fraction of sp³-hybridized carbons (Fsp3) is 0.500. The number of piperazine rings is 1. The summed E-state index contributed by atoms with van der Waals surface area (Å²) >= 11 is 0. The quantitative estimate of drug-likeness (QED) is 0.794. The minimum absolute atomic E-state index is 0.0740. The van der Waals surface area contributed by atoms with Gasteiger partial charge in [0, 0.05) is 49.2 Å². The maximum Gasteiger partial charge on any atom is 0.255 e. The van der Waals surface area contributed by atoms with Gasteiger partial charge in [0.2, 0.25) is 5.91 Å². The molecule has 2 heterocycles. The van der Waals surface area contributed by atoms with Crippen molar-refractivity contribution in [2.45, 2.75) is 46.5 Å². The summed E-state index contributed by atoms with van der Waals surface area (Å²) in [6, 6.07) is 10.3. The summed E-state index contributed by atoms with van der Waals surface area (Å²) in [7, 11) is 0. The molecule has 2 fully saturated rings. The van der Waals surface area contributed by atoms with Crippen molar-refractivity contribution < 1.29 is 9.59 Å². The molecule has 2 aromatic rings. The van der Waals surface area contributed by atoms with Gasteiger partial charge in [0.05, 0.1) is 5.56 Å². The van der Waals surface area contributed by atoms with Crippen molar-refractivity contribution in [2.24, 2.45) is 5.92 Å². The molecule has 1 saturated carbocycles. The van der Waals surface area contributed by atoms with E-state index in [1.54, 1.807) is 0 Å². The van der Waals surface area contributed by atoms with Crippen LogP contribution >= 0.6 is 0 Å². The summed E-state index contributed by atoms with van der Waals surface area (Å²) < 4.78 is 2.15. The molecule has 4 rings (SSSR count). The van der Waals surface area contributed by atoms with Gasteiger partial charge in [0.1, 0.15) is 0 Å². The van der Waals surface area contributed by atoms with E-state index < -0.39 is 0 Å². The standard InChI is InChI=1S/C24H31N3O2/c1-17-7-6-10-21(15-17)27-18(2)16-22(19(27)3)24(29)26-13-11-25(12-14-26)23(28)20-8-4-5-9-20/h6-7,10,15-16,20H,4-5,8-9,11-14H2,1-3H3. The van der Waals surface area contributed by atoms with Gasteiger partial charge in [0.25, 0.3) is 5.91 Å². The maximum absolute atomic E-state index is 13.2. The molecule has 0 spiro atoms. The topological polar surface area (TPSA) is 45.6 Å². The van der Waals surface area contributed by atoms with E-state index in [-0.39, 0.29) is 11.8 Å². The van der Waals surface area contributed by atoms with E-state index in [2.05, 4.69) is 29.7 Å². The largest absolute Gasteiger partial charge is 0.339 e. The van der Waals surface area contributed by atoms with E-state index in [1.165, 1.54) is 18.4 Å². The van der Waals surface area contributed by atoms with Crippen molar-refractivity contribution in [1.29, 1.82) is 0 Å².